The van der Waals surface area contributed by atoms with Gasteiger partial charge in [0.2, 0.25) is 0 Å². The van der Waals surface area contributed by atoms with Crippen LogP contribution in [0.25, 0.3) is 44.1 Å². The van der Waals surface area contributed by atoms with E-state index in [1.807, 2.05) is 0 Å². The van der Waals surface area contributed by atoms with Crippen molar-refractivity contribution in [3.8, 4) is 22.3 Å². The molecule has 0 nitrogen and oxygen atoms in total. The molecule has 1 heteroatoms. The van der Waals surface area contributed by atoms with E-state index in [-0.39, 0.29) is 0 Å². The van der Waals surface area contributed by atoms with E-state index < -0.39 is 0 Å². The zero-order chi connectivity index (χ0) is 28.9. The van der Waals surface area contributed by atoms with Crippen LogP contribution in [0.15, 0.2) is 158 Å². The van der Waals surface area contributed by atoms with Crippen LogP contribution in [-0.4, -0.2) is 12.4 Å². The molecule has 0 N–H and O–H groups in total. The third-order valence-corrected chi connectivity index (χ3v) is 7.89. The first-order valence-electron chi connectivity index (χ1n) is 14.5. The molecule has 0 radical (unpaired) electrons. The summed E-state index contributed by atoms with van der Waals surface area (Å²) in [5.74, 6) is 0. The van der Waals surface area contributed by atoms with E-state index in [0.29, 0.717) is 0 Å². The number of benzene rings is 6. The summed E-state index contributed by atoms with van der Waals surface area (Å²) < 4.78 is 0. The number of aryl methyl sites for hydroxylation is 1. The fraction of sp³-hybridized carbons (Fsp3) is 0.0488. The number of hydrogen-bond donors (Lipinski definition) is 0. The van der Waals surface area contributed by atoms with Crippen LogP contribution in [0.4, 0.5) is 0 Å². The molecule has 0 bridgehead atoms. The molecule has 6 rings (SSSR count). The molecule has 0 aromatic heterocycles. The van der Waals surface area contributed by atoms with E-state index in [0.717, 1.165) is 16.5 Å². The van der Waals surface area contributed by atoms with Crippen molar-refractivity contribution in [3.05, 3.63) is 181 Å². The Labute approximate surface area is 250 Å². The Morgan fingerprint density at radius 1 is 0.548 bits per heavy atom. The first-order chi connectivity index (χ1) is 20.5. The minimum absolute atomic E-state index is 0.986. The van der Waals surface area contributed by atoms with E-state index in [1.165, 1.54) is 55.3 Å². The molecule has 6 aromatic carbocycles. The molecular formula is C41H33B. The van der Waals surface area contributed by atoms with Gasteiger partial charge in [0.05, 0.1) is 0 Å². The predicted octanol–water partition coefficient (Wildman–Crippen LogP) is 10.5. The Morgan fingerprint density at radius 3 is 1.83 bits per heavy atom. The monoisotopic (exact) mass is 536 g/mol. The topological polar surface area (TPSA) is 0 Å². The van der Waals surface area contributed by atoms with E-state index in [2.05, 4.69) is 179 Å². The van der Waals surface area contributed by atoms with Crippen molar-refractivity contribution in [1.82, 2.24) is 0 Å². The van der Waals surface area contributed by atoms with Gasteiger partial charge in [0.1, 0.15) is 0 Å². The van der Waals surface area contributed by atoms with Crippen LogP contribution >= 0.6 is 0 Å². The second-order valence-corrected chi connectivity index (χ2v) is 10.9. The van der Waals surface area contributed by atoms with Gasteiger partial charge in [-0.25, -0.2) is 0 Å². The molecule has 0 atom stereocenters. The van der Waals surface area contributed by atoms with Gasteiger partial charge in [-0.2, -0.15) is 0 Å². The van der Waals surface area contributed by atoms with E-state index >= 15 is 0 Å². The Morgan fingerprint density at radius 2 is 1.12 bits per heavy atom. The van der Waals surface area contributed by atoms with Crippen LogP contribution in [0.3, 0.4) is 0 Å². The number of hydrogen-bond acceptors (Lipinski definition) is 0. The maximum atomic E-state index is 4.45. The number of fused-ring (bicyclic) bond motifs is 1. The molecule has 0 spiro atoms. The third kappa shape index (κ3) is 6.02. The van der Waals surface area contributed by atoms with Gasteiger partial charge in [-0.05, 0) is 0 Å². The summed E-state index contributed by atoms with van der Waals surface area (Å²) in [5.41, 5.74) is 13.0. The van der Waals surface area contributed by atoms with Crippen molar-refractivity contribution >= 4 is 34.2 Å². The second kappa shape index (κ2) is 12.2. The number of rotatable bonds is 7. The number of allylic oxidation sites excluding steroid dienone is 2. The van der Waals surface area contributed by atoms with E-state index in [9.17, 15) is 0 Å². The van der Waals surface area contributed by atoms with Gasteiger partial charge in [-0.1, -0.05) is 0 Å². The van der Waals surface area contributed by atoms with Crippen LogP contribution in [-0.2, 0) is 0 Å². The Bertz CT molecular complexity index is 1900. The average molecular weight is 537 g/mol. The molecule has 0 fully saturated rings. The zero-order valence-corrected chi connectivity index (χ0v) is 24.2. The van der Waals surface area contributed by atoms with Crippen LogP contribution in [0.1, 0.15) is 29.2 Å². The standard InChI is InChI=1S/C41H33B/c1-29-16-18-34(19-17-29)35-24-22-33(23-25-35)31(3)42-41(38-11-5-4-6-12-38)28-30(2)32-20-26-37(27-21-32)40-15-9-13-36-10-7-8-14-39(36)40/h4-28H,3H2,1-2H3/b30-28+. The molecule has 0 heterocycles. The molecule has 0 unspecified atom stereocenters. The van der Waals surface area contributed by atoms with Crippen molar-refractivity contribution in [1.29, 1.82) is 0 Å². The Hall–Kier alpha value is -5.01. The molecule has 0 aliphatic heterocycles. The normalized spacial score (nSPS) is 11.8. The van der Waals surface area contributed by atoms with Crippen LogP contribution in [0.5, 0.6) is 0 Å². The van der Waals surface area contributed by atoms with E-state index in [4.69, 9.17) is 0 Å². The van der Waals surface area contributed by atoms with Gasteiger partial charge in [-0.3, -0.25) is 0 Å². The zero-order valence-electron chi connectivity index (χ0n) is 24.2. The summed E-state index contributed by atoms with van der Waals surface area (Å²) in [6.45, 7) is 10.9. The average Bonchev–Trinajstić information content (AvgIpc) is 3.05. The van der Waals surface area contributed by atoms with Crippen molar-refractivity contribution in [2.45, 2.75) is 13.8 Å². The second-order valence-electron chi connectivity index (χ2n) is 10.9. The molecule has 0 saturated heterocycles. The summed E-state index contributed by atoms with van der Waals surface area (Å²) in [4.78, 5) is 0. The van der Waals surface area contributed by atoms with Gasteiger partial charge in [0, 0.05) is 0 Å². The Balaban J connectivity index is 1.29. The summed E-state index contributed by atoms with van der Waals surface area (Å²) >= 11 is 0. The van der Waals surface area contributed by atoms with Crippen molar-refractivity contribution in [2.75, 3.05) is 0 Å². The van der Waals surface area contributed by atoms with Gasteiger partial charge < -0.3 is 0 Å². The molecule has 0 aliphatic rings. The van der Waals surface area contributed by atoms with Crippen molar-refractivity contribution in [2.24, 2.45) is 0 Å². The van der Waals surface area contributed by atoms with Gasteiger partial charge >= 0.3 is 251 Å². The van der Waals surface area contributed by atoms with Gasteiger partial charge in [0.25, 0.3) is 0 Å². The van der Waals surface area contributed by atoms with Crippen molar-refractivity contribution in [3.63, 3.8) is 0 Å². The molecule has 6 aromatic rings. The molecular weight excluding hydrogens is 503 g/mol. The minimum atomic E-state index is 0.986. The summed E-state index contributed by atoms with van der Waals surface area (Å²) in [5, 5.41) is 2.54. The third-order valence-electron chi connectivity index (χ3n) is 7.89. The first kappa shape index (κ1) is 27.2. The molecule has 0 saturated carbocycles. The van der Waals surface area contributed by atoms with Gasteiger partial charge in [-0.15, -0.1) is 0 Å². The predicted molar refractivity (Wildman–Crippen MR) is 185 cm³/mol. The Kier molecular flexibility index (Phi) is 7.93. The maximum absolute atomic E-state index is 4.45. The summed E-state index contributed by atoms with van der Waals surface area (Å²) in [6, 6.07) is 51.9. The van der Waals surface area contributed by atoms with Crippen LogP contribution < -0.4 is 0 Å². The van der Waals surface area contributed by atoms with E-state index in [1.54, 1.807) is 0 Å². The fourth-order valence-corrected chi connectivity index (χ4v) is 5.44. The molecule has 0 aliphatic carbocycles. The summed E-state index contributed by atoms with van der Waals surface area (Å²) in [7, 11) is 0. The SMILES string of the molecule is C=C(/B=C(\C=C(/C)c1ccc(-c2cccc3ccccc23)cc1)c1ccccc1)c1ccc(-c2ccc(C)cc2)cc1. The van der Waals surface area contributed by atoms with Crippen LogP contribution in [0, 0.1) is 6.92 Å². The molecule has 42 heavy (non-hydrogen) atoms. The quantitative estimate of drug-likeness (QED) is 0.178. The van der Waals surface area contributed by atoms with Gasteiger partial charge in [0.15, 0.2) is 0 Å². The molecule has 0 amide bonds. The van der Waals surface area contributed by atoms with Crippen LogP contribution in [0.2, 0.25) is 0 Å². The van der Waals surface area contributed by atoms with Crippen molar-refractivity contribution < 1.29 is 0 Å². The fourth-order valence-electron chi connectivity index (χ4n) is 5.44. The summed E-state index contributed by atoms with van der Waals surface area (Å²) in [6.07, 6.45) is 2.27. The first-order valence-corrected chi connectivity index (χ1v) is 14.5. The molecule has 200 valence electrons.